The van der Waals surface area contributed by atoms with Crippen LogP contribution < -0.4 is 16.2 Å². The molecular weight excluding hydrogens is 214 g/mol. The molecule has 0 atom stereocenters. The van der Waals surface area contributed by atoms with Crippen molar-refractivity contribution in [2.75, 3.05) is 23.9 Å². The summed E-state index contributed by atoms with van der Waals surface area (Å²) in [5.74, 6) is 6.82. The Kier molecular flexibility index (Phi) is 4.11. The van der Waals surface area contributed by atoms with Crippen LogP contribution in [-0.2, 0) is 0 Å². The third-order valence-electron chi connectivity index (χ3n) is 1.86. The van der Waals surface area contributed by atoms with Crippen molar-refractivity contribution in [2.24, 2.45) is 11.8 Å². The molecule has 0 unspecified atom stereocenters. The lowest BCUT2D eigenvalue weighted by Gasteiger charge is -2.21. The van der Waals surface area contributed by atoms with Gasteiger partial charge in [-0.05, 0) is 5.92 Å². The molecule has 6 heteroatoms. The van der Waals surface area contributed by atoms with E-state index in [0.717, 1.165) is 6.54 Å². The summed E-state index contributed by atoms with van der Waals surface area (Å²) in [6.45, 7) is 5.14. The van der Waals surface area contributed by atoms with Crippen molar-refractivity contribution in [1.29, 1.82) is 0 Å². The van der Waals surface area contributed by atoms with Crippen LogP contribution in [0, 0.1) is 5.92 Å². The van der Waals surface area contributed by atoms with E-state index in [1.165, 1.54) is 6.20 Å². The zero-order valence-electron chi connectivity index (χ0n) is 9.16. The summed E-state index contributed by atoms with van der Waals surface area (Å²) in [4.78, 5) is 10.1. The van der Waals surface area contributed by atoms with Gasteiger partial charge in [-0.2, -0.15) is 4.98 Å². The smallest absolute Gasteiger partial charge is 0.239 e. The molecule has 5 nitrogen and oxygen atoms in total. The Hall–Kier alpha value is -1.07. The molecule has 0 fully saturated rings. The third kappa shape index (κ3) is 3.21. The normalized spacial score (nSPS) is 10.5. The highest BCUT2D eigenvalue weighted by Crippen LogP contribution is 2.22. The highest BCUT2D eigenvalue weighted by Gasteiger charge is 2.10. The van der Waals surface area contributed by atoms with Crippen LogP contribution in [0.25, 0.3) is 0 Å². The van der Waals surface area contributed by atoms with Crippen molar-refractivity contribution in [1.82, 2.24) is 9.97 Å². The fourth-order valence-electron chi connectivity index (χ4n) is 1.33. The lowest BCUT2D eigenvalue weighted by atomic mass is 10.2. The summed E-state index contributed by atoms with van der Waals surface area (Å²) < 4.78 is 0. The zero-order chi connectivity index (χ0) is 11.4. The van der Waals surface area contributed by atoms with E-state index < -0.39 is 0 Å². The predicted octanol–water partition coefficient (Wildman–Crippen LogP) is 1.51. The van der Waals surface area contributed by atoms with E-state index in [1.807, 2.05) is 11.9 Å². The minimum atomic E-state index is 0.366. The van der Waals surface area contributed by atoms with Gasteiger partial charge < -0.3 is 4.90 Å². The Balaban J connectivity index is 2.91. The van der Waals surface area contributed by atoms with E-state index in [4.69, 9.17) is 17.4 Å². The zero-order valence-corrected chi connectivity index (χ0v) is 9.91. The van der Waals surface area contributed by atoms with Gasteiger partial charge in [0.25, 0.3) is 0 Å². The first-order valence-electron chi connectivity index (χ1n) is 4.75. The second kappa shape index (κ2) is 5.14. The Morgan fingerprint density at radius 1 is 1.60 bits per heavy atom. The molecule has 1 heterocycles. The monoisotopic (exact) mass is 229 g/mol. The van der Waals surface area contributed by atoms with Gasteiger partial charge in [0.05, 0.1) is 6.20 Å². The maximum Gasteiger partial charge on any atom is 0.239 e. The lowest BCUT2D eigenvalue weighted by molar-refractivity contribution is 0.634. The van der Waals surface area contributed by atoms with Crippen LogP contribution >= 0.6 is 11.6 Å². The number of aromatic nitrogens is 2. The van der Waals surface area contributed by atoms with Gasteiger partial charge in [0, 0.05) is 13.6 Å². The summed E-state index contributed by atoms with van der Waals surface area (Å²) in [6.07, 6.45) is 1.54. The summed E-state index contributed by atoms with van der Waals surface area (Å²) in [5, 5.41) is 0.525. The van der Waals surface area contributed by atoms with Crippen molar-refractivity contribution >= 4 is 23.4 Å². The molecule has 1 aromatic rings. The maximum absolute atomic E-state index is 6.00. The Morgan fingerprint density at radius 3 is 2.80 bits per heavy atom. The number of anilines is 2. The summed E-state index contributed by atoms with van der Waals surface area (Å²) in [6, 6.07) is 0. The number of rotatable bonds is 4. The molecule has 0 saturated heterocycles. The molecule has 0 amide bonds. The number of hydrazine groups is 1. The van der Waals surface area contributed by atoms with E-state index >= 15 is 0 Å². The first-order valence-corrected chi connectivity index (χ1v) is 5.12. The number of hydrogen-bond donors (Lipinski definition) is 2. The van der Waals surface area contributed by atoms with Gasteiger partial charge in [0.1, 0.15) is 5.02 Å². The third-order valence-corrected chi connectivity index (χ3v) is 2.12. The van der Waals surface area contributed by atoms with Gasteiger partial charge in [0.2, 0.25) is 5.95 Å². The molecule has 15 heavy (non-hydrogen) atoms. The highest BCUT2D eigenvalue weighted by molar-refractivity contribution is 6.32. The van der Waals surface area contributed by atoms with Gasteiger partial charge in [-0.15, -0.1) is 0 Å². The molecule has 0 saturated carbocycles. The molecule has 0 aliphatic carbocycles. The fourth-order valence-corrected chi connectivity index (χ4v) is 1.56. The maximum atomic E-state index is 6.00. The van der Waals surface area contributed by atoms with Gasteiger partial charge >= 0.3 is 0 Å². The minimum Gasteiger partial charge on any atom is -0.358 e. The van der Waals surface area contributed by atoms with E-state index in [9.17, 15) is 0 Å². The minimum absolute atomic E-state index is 0.366. The van der Waals surface area contributed by atoms with Crippen LogP contribution in [-0.4, -0.2) is 23.6 Å². The largest absolute Gasteiger partial charge is 0.358 e. The van der Waals surface area contributed by atoms with Crippen molar-refractivity contribution in [3.05, 3.63) is 11.2 Å². The molecule has 0 spiro atoms. The first kappa shape index (κ1) is 12.0. The highest BCUT2D eigenvalue weighted by atomic mass is 35.5. The SMILES string of the molecule is CC(C)CN(C)c1nc(NN)ncc1Cl. The van der Waals surface area contributed by atoms with E-state index in [-0.39, 0.29) is 0 Å². The Morgan fingerprint density at radius 2 is 2.27 bits per heavy atom. The predicted molar refractivity (Wildman–Crippen MR) is 63.0 cm³/mol. The number of halogens is 1. The fraction of sp³-hybridized carbons (Fsp3) is 0.556. The standard InChI is InChI=1S/C9H16ClN5/c1-6(2)5-15(3)8-7(10)4-12-9(13-8)14-11/h4,6H,5,11H2,1-3H3,(H,12,13,14). The molecule has 1 aromatic heterocycles. The molecule has 0 radical (unpaired) electrons. The summed E-state index contributed by atoms with van der Waals surface area (Å²) in [7, 11) is 1.94. The van der Waals surface area contributed by atoms with E-state index in [0.29, 0.717) is 22.7 Å². The molecule has 1 rings (SSSR count). The van der Waals surface area contributed by atoms with Gasteiger partial charge in [-0.25, -0.2) is 10.8 Å². The molecule has 0 bridgehead atoms. The molecule has 3 N–H and O–H groups in total. The quantitative estimate of drug-likeness (QED) is 0.605. The molecular formula is C9H16ClN5. The molecule has 0 aliphatic heterocycles. The number of nitrogens with one attached hydrogen (secondary N) is 1. The van der Waals surface area contributed by atoms with Crippen LogP contribution in [0.5, 0.6) is 0 Å². The molecule has 0 aromatic carbocycles. The average Bonchev–Trinajstić information content (AvgIpc) is 2.17. The van der Waals surface area contributed by atoms with Crippen molar-refractivity contribution < 1.29 is 0 Å². The van der Waals surface area contributed by atoms with Crippen LogP contribution in [0.1, 0.15) is 13.8 Å². The number of hydrogen-bond acceptors (Lipinski definition) is 5. The van der Waals surface area contributed by atoms with Crippen LogP contribution in [0.2, 0.25) is 5.02 Å². The second-order valence-electron chi connectivity index (χ2n) is 3.78. The van der Waals surface area contributed by atoms with Crippen LogP contribution in [0.4, 0.5) is 11.8 Å². The van der Waals surface area contributed by atoms with Gasteiger partial charge in [0.15, 0.2) is 5.82 Å². The first-order chi connectivity index (χ1) is 7.04. The van der Waals surface area contributed by atoms with E-state index in [2.05, 4.69) is 29.2 Å². The molecule has 0 aliphatic rings. The van der Waals surface area contributed by atoms with Crippen LogP contribution in [0.15, 0.2) is 6.20 Å². The second-order valence-corrected chi connectivity index (χ2v) is 4.19. The summed E-state index contributed by atoms with van der Waals surface area (Å²) in [5.41, 5.74) is 2.40. The van der Waals surface area contributed by atoms with Crippen molar-refractivity contribution in [3.8, 4) is 0 Å². The molecule has 84 valence electrons. The van der Waals surface area contributed by atoms with Gasteiger partial charge in [-0.1, -0.05) is 25.4 Å². The number of nitrogen functional groups attached to an aromatic ring is 1. The number of nitrogens with zero attached hydrogens (tertiary/aromatic N) is 3. The van der Waals surface area contributed by atoms with Gasteiger partial charge in [-0.3, -0.25) is 5.43 Å². The van der Waals surface area contributed by atoms with E-state index in [1.54, 1.807) is 0 Å². The van der Waals surface area contributed by atoms with Crippen LogP contribution in [0.3, 0.4) is 0 Å². The number of nitrogens with two attached hydrogens (primary N) is 1. The van der Waals surface area contributed by atoms with Crippen molar-refractivity contribution in [3.63, 3.8) is 0 Å². The summed E-state index contributed by atoms with van der Waals surface area (Å²) >= 11 is 6.00. The Labute approximate surface area is 94.6 Å². The Bertz CT molecular complexity index is 328. The topological polar surface area (TPSA) is 67.1 Å². The lowest BCUT2D eigenvalue weighted by Crippen LogP contribution is -2.24. The average molecular weight is 230 g/mol. The van der Waals surface area contributed by atoms with Crippen molar-refractivity contribution in [2.45, 2.75) is 13.8 Å².